The van der Waals surface area contributed by atoms with E-state index in [0.29, 0.717) is 11.3 Å². The van der Waals surface area contributed by atoms with Crippen LogP contribution in [0.3, 0.4) is 0 Å². The Labute approximate surface area is 136 Å². The van der Waals surface area contributed by atoms with Gasteiger partial charge in [-0.2, -0.15) is 0 Å². The van der Waals surface area contributed by atoms with Crippen LogP contribution in [0.5, 0.6) is 0 Å². The molecule has 0 saturated heterocycles. The summed E-state index contributed by atoms with van der Waals surface area (Å²) >= 11 is 2.77. The Morgan fingerprint density at radius 2 is 2.05 bits per heavy atom. The van der Waals surface area contributed by atoms with Gasteiger partial charge in [-0.25, -0.2) is 4.79 Å². The molecule has 0 saturated carbocycles. The van der Waals surface area contributed by atoms with Crippen molar-refractivity contribution in [3.05, 3.63) is 34.8 Å². The minimum absolute atomic E-state index is 0.214. The van der Waals surface area contributed by atoms with Crippen LogP contribution in [0.2, 0.25) is 0 Å². The first-order valence-electron chi connectivity index (χ1n) is 6.46. The summed E-state index contributed by atoms with van der Waals surface area (Å²) in [5, 5.41) is 11.1. The summed E-state index contributed by atoms with van der Waals surface area (Å²) in [5.74, 6) is -0.704. The van der Waals surface area contributed by atoms with Gasteiger partial charge in [0.25, 0.3) is 0 Å². The van der Waals surface area contributed by atoms with Crippen molar-refractivity contribution in [2.45, 2.75) is 23.4 Å². The number of benzene rings is 1. The number of anilines is 1. The molecule has 22 heavy (non-hydrogen) atoms. The van der Waals surface area contributed by atoms with E-state index in [4.69, 9.17) is 4.74 Å². The summed E-state index contributed by atoms with van der Waals surface area (Å²) < 4.78 is 5.44. The Balaban J connectivity index is 2.07. The number of thioether (sulfide) groups is 1. The topological polar surface area (TPSA) is 81.2 Å². The van der Waals surface area contributed by atoms with E-state index in [-0.39, 0.29) is 11.2 Å². The van der Waals surface area contributed by atoms with Crippen LogP contribution in [-0.2, 0) is 9.53 Å². The highest BCUT2D eigenvalue weighted by atomic mass is 32.2. The number of nitrogens with zero attached hydrogens (tertiary/aromatic N) is 2. The van der Waals surface area contributed by atoms with Crippen LogP contribution in [0, 0.1) is 6.92 Å². The van der Waals surface area contributed by atoms with Crippen molar-refractivity contribution in [1.29, 1.82) is 0 Å². The van der Waals surface area contributed by atoms with Crippen LogP contribution in [0.25, 0.3) is 0 Å². The van der Waals surface area contributed by atoms with Crippen LogP contribution in [-0.4, -0.2) is 34.4 Å². The summed E-state index contributed by atoms with van der Waals surface area (Å²) in [6, 6.07) is 6.72. The molecule has 6 nitrogen and oxygen atoms in total. The van der Waals surface area contributed by atoms with E-state index in [0.717, 1.165) is 9.35 Å². The summed E-state index contributed by atoms with van der Waals surface area (Å²) in [5.41, 5.74) is 0.752. The molecular formula is C14H15N3O3S2. The zero-order valence-electron chi connectivity index (χ0n) is 12.3. The van der Waals surface area contributed by atoms with E-state index in [1.54, 1.807) is 31.2 Å². The number of amides is 1. The molecule has 1 aromatic carbocycles. The van der Waals surface area contributed by atoms with Gasteiger partial charge >= 0.3 is 5.97 Å². The quantitative estimate of drug-likeness (QED) is 0.667. The highest BCUT2D eigenvalue weighted by Gasteiger charge is 2.19. The van der Waals surface area contributed by atoms with Crippen molar-refractivity contribution in [3.63, 3.8) is 0 Å². The molecule has 1 unspecified atom stereocenters. The molecule has 116 valence electrons. The first kappa shape index (κ1) is 16.4. The molecule has 1 N–H and O–H groups in total. The first-order valence-corrected chi connectivity index (χ1v) is 8.16. The van der Waals surface area contributed by atoms with E-state index in [2.05, 4.69) is 15.5 Å². The molecule has 8 heteroatoms. The zero-order valence-corrected chi connectivity index (χ0v) is 14.0. The maximum Gasteiger partial charge on any atom is 0.339 e. The Morgan fingerprint density at radius 3 is 2.68 bits per heavy atom. The third kappa shape index (κ3) is 4.05. The summed E-state index contributed by atoms with van der Waals surface area (Å²) in [4.78, 5) is 23.9. The SMILES string of the molecule is COC(=O)c1ccccc1NC(=O)C(C)Sc1nnc(C)s1. The minimum Gasteiger partial charge on any atom is -0.465 e. The number of nitrogens with one attached hydrogen (secondary N) is 1. The molecule has 0 spiro atoms. The number of ether oxygens (including phenoxy) is 1. The van der Waals surface area contributed by atoms with Crippen molar-refractivity contribution in [2.24, 2.45) is 0 Å². The number of methoxy groups -OCH3 is 1. The summed E-state index contributed by atoms with van der Waals surface area (Å²) in [7, 11) is 1.30. The van der Waals surface area contributed by atoms with E-state index < -0.39 is 5.97 Å². The van der Waals surface area contributed by atoms with Gasteiger partial charge < -0.3 is 10.1 Å². The Bertz CT molecular complexity index is 687. The highest BCUT2D eigenvalue weighted by Crippen LogP contribution is 2.27. The molecule has 0 bridgehead atoms. The molecule has 1 amide bonds. The number of hydrogen-bond donors (Lipinski definition) is 1. The largest absolute Gasteiger partial charge is 0.465 e. The number of aromatic nitrogens is 2. The monoisotopic (exact) mass is 337 g/mol. The molecule has 2 aromatic rings. The van der Waals surface area contributed by atoms with Gasteiger partial charge in [-0.05, 0) is 26.0 Å². The molecule has 1 aromatic heterocycles. The Kier molecular flexibility index (Phi) is 5.51. The fourth-order valence-corrected chi connectivity index (χ4v) is 3.60. The predicted octanol–water partition coefficient (Wildman–Crippen LogP) is 2.75. The van der Waals surface area contributed by atoms with Crippen molar-refractivity contribution < 1.29 is 14.3 Å². The average molecular weight is 337 g/mol. The third-order valence-corrected chi connectivity index (χ3v) is 4.77. The zero-order chi connectivity index (χ0) is 16.1. The van der Waals surface area contributed by atoms with Crippen LogP contribution < -0.4 is 5.32 Å². The molecule has 0 aliphatic heterocycles. The number of carbonyl (C=O) groups is 2. The standard InChI is InChI=1S/C14H15N3O3S2/c1-8(21-14-17-16-9(2)22-14)12(18)15-11-7-5-4-6-10(11)13(19)20-3/h4-8H,1-3H3,(H,15,18). The molecule has 1 heterocycles. The third-order valence-electron chi connectivity index (χ3n) is 2.74. The second-order valence-corrected chi connectivity index (χ2v) is 7.14. The number of aryl methyl sites for hydroxylation is 1. The highest BCUT2D eigenvalue weighted by molar-refractivity contribution is 8.02. The van der Waals surface area contributed by atoms with Crippen molar-refractivity contribution >= 4 is 40.7 Å². The lowest BCUT2D eigenvalue weighted by Crippen LogP contribution is -2.23. The van der Waals surface area contributed by atoms with Gasteiger partial charge in [-0.15, -0.1) is 10.2 Å². The minimum atomic E-state index is -0.490. The molecule has 0 aliphatic carbocycles. The van der Waals surface area contributed by atoms with Gasteiger partial charge in [0.15, 0.2) is 4.34 Å². The maximum atomic E-state index is 12.3. The molecular weight excluding hydrogens is 322 g/mol. The second-order valence-electron chi connectivity index (χ2n) is 4.37. The molecule has 0 aliphatic rings. The lowest BCUT2D eigenvalue weighted by atomic mass is 10.2. The van der Waals surface area contributed by atoms with Crippen molar-refractivity contribution in [3.8, 4) is 0 Å². The maximum absolute atomic E-state index is 12.3. The first-order chi connectivity index (χ1) is 10.5. The second kappa shape index (κ2) is 7.37. The van der Waals surface area contributed by atoms with Crippen LogP contribution >= 0.6 is 23.1 Å². The lowest BCUT2D eigenvalue weighted by Gasteiger charge is -2.12. The predicted molar refractivity (Wildman–Crippen MR) is 86.4 cm³/mol. The van der Waals surface area contributed by atoms with E-state index in [1.165, 1.54) is 30.2 Å². The fraction of sp³-hybridized carbons (Fsp3) is 0.286. The van der Waals surface area contributed by atoms with Gasteiger partial charge in [0.2, 0.25) is 5.91 Å². The normalized spacial score (nSPS) is 11.8. The van der Waals surface area contributed by atoms with Crippen molar-refractivity contribution in [2.75, 3.05) is 12.4 Å². The number of carbonyl (C=O) groups excluding carboxylic acids is 2. The Hall–Kier alpha value is -1.93. The van der Waals surface area contributed by atoms with Crippen LogP contribution in [0.1, 0.15) is 22.3 Å². The average Bonchev–Trinajstić information content (AvgIpc) is 2.92. The van der Waals surface area contributed by atoms with E-state index in [9.17, 15) is 9.59 Å². The van der Waals surface area contributed by atoms with Gasteiger partial charge in [-0.1, -0.05) is 35.2 Å². The van der Waals surface area contributed by atoms with Gasteiger partial charge in [0.1, 0.15) is 5.01 Å². The molecule has 0 fully saturated rings. The Morgan fingerprint density at radius 1 is 1.32 bits per heavy atom. The van der Waals surface area contributed by atoms with Crippen molar-refractivity contribution in [1.82, 2.24) is 10.2 Å². The lowest BCUT2D eigenvalue weighted by molar-refractivity contribution is -0.115. The van der Waals surface area contributed by atoms with Crippen LogP contribution in [0.15, 0.2) is 28.6 Å². The number of para-hydroxylation sites is 1. The summed E-state index contributed by atoms with van der Waals surface area (Å²) in [6.45, 7) is 3.64. The van der Waals surface area contributed by atoms with Gasteiger partial charge in [0.05, 0.1) is 23.6 Å². The number of hydrogen-bond acceptors (Lipinski definition) is 7. The van der Waals surface area contributed by atoms with Gasteiger partial charge in [-0.3, -0.25) is 4.79 Å². The van der Waals surface area contributed by atoms with E-state index in [1.807, 2.05) is 6.92 Å². The fourth-order valence-electron chi connectivity index (χ4n) is 1.65. The molecule has 1 atom stereocenters. The molecule has 2 rings (SSSR count). The molecule has 0 radical (unpaired) electrons. The van der Waals surface area contributed by atoms with E-state index >= 15 is 0 Å². The smallest absolute Gasteiger partial charge is 0.339 e. The number of esters is 1. The number of rotatable bonds is 5. The van der Waals surface area contributed by atoms with Gasteiger partial charge in [0, 0.05) is 0 Å². The van der Waals surface area contributed by atoms with Crippen LogP contribution in [0.4, 0.5) is 5.69 Å². The summed E-state index contributed by atoms with van der Waals surface area (Å²) in [6.07, 6.45) is 0.